The van der Waals surface area contributed by atoms with Gasteiger partial charge in [-0.3, -0.25) is 4.98 Å². The zero-order valence-electron chi connectivity index (χ0n) is 10.3. The Labute approximate surface area is 105 Å². The molecule has 0 spiro atoms. The van der Waals surface area contributed by atoms with Gasteiger partial charge in [-0.2, -0.15) is 0 Å². The summed E-state index contributed by atoms with van der Waals surface area (Å²) in [5, 5.41) is 2.61. The molecule has 2 aromatic heterocycles. The van der Waals surface area contributed by atoms with Crippen molar-refractivity contribution in [1.29, 1.82) is 0 Å². The molecule has 0 atom stereocenters. The molecule has 1 aromatic carbocycles. The molecule has 0 fully saturated rings. The highest BCUT2D eigenvalue weighted by atomic mass is 32.1. The van der Waals surface area contributed by atoms with Crippen LogP contribution in [0.1, 0.15) is 26.3 Å². The van der Waals surface area contributed by atoms with Crippen molar-refractivity contribution in [1.82, 2.24) is 4.98 Å². The second-order valence-electron chi connectivity index (χ2n) is 5.41. The number of hydrogen-bond donors (Lipinski definition) is 0. The number of fused-ring (bicyclic) bond motifs is 3. The summed E-state index contributed by atoms with van der Waals surface area (Å²) in [6, 6.07) is 8.70. The Balaban J connectivity index is 2.48. The van der Waals surface area contributed by atoms with Crippen LogP contribution >= 0.6 is 11.3 Å². The van der Waals surface area contributed by atoms with Crippen LogP contribution in [0.15, 0.2) is 36.7 Å². The van der Waals surface area contributed by atoms with E-state index in [0.717, 1.165) is 0 Å². The van der Waals surface area contributed by atoms with Crippen LogP contribution in [-0.2, 0) is 5.41 Å². The number of nitrogens with zero attached hydrogens (tertiary/aromatic N) is 1. The molecule has 0 bridgehead atoms. The highest BCUT2D eigenvalue weighted by Gasteiger charge is 2.18. The molecule has 0 saturated carbocycles. The summed E-state index contributed by atoms with van der Waals surface area (Å²) in [5.41, 5.74) is 1.62. The summed E-state index contributed by atoms with van der Waals surface area (Å²) < 4.78 is 2.73. The number of hydrogen-bond acceptors (Lipinski definition) is 2. The highest BCUT2D eigenvalue weighted by Crippen LogP contribution is 2.39. The molecule has 0 amide bonds. The quantitative estimate of drug-likeness (QED) is 0.553. The molecule has 0 aliphatic carbocycles. The van der Waals surface area contributed by atoms with Gasteiger partial charge in [0.1, 0.15) is 0 Å². The summed E-state index contributed by atoms with van der Waals surface area (Å²) >= 11 is 1.88. The molecule has 86 valence electrons. The van der Waals surface area contributed by atoms with Crippen LogP contribution in [0.25, 0.3) is 20.2 Å². The first-order valence-corrected chi connectivity index (χ1v) is 6.65. The van der Waals surface area contributed by atoms with E-state index in [1.165, 1.54) is 25.7 Å². The van der Waals surface area contributed by atoms with Gasteiger partial charge in [-0.25, -0.2) is 0 Å². The lowest BCUT2D eigenvalue weighted by molar-refractivity contribution is 0.597. The van der Waals surface area contributed by atoms with E-state index in [1.807, 2.05) is 23.7 Å². The molecule has 0 saturated heterocycles. The molecule has 1 nitrogen and oxygen atoms in total. The van der Waals surface area contributed by atoms with Crippen molar-refractivity contribution >= 4 is 31.5 Å². The minimum Gasteiger partial charge on any atom is -0.264 e. The lowest BCUT2D eigenvalue weighted by Crippen LogP contribution is -2.10. The van der Waals surface area contributed by atoms with Gasteiger partial charge in [0, 0.05) is 32.6 Å². The fourth-order valence-corrected chi connectivity index (χ4v) is 3.63. The van der Waals surface area contributed by atoms with Crippen LogP contribution in [0.2, 0.25) is 0 Å². The van der Waals surface area contributed by atoms with Crippen molar-refractivity contribution in [3.63, 3.8) is 0 Å². The van der Waals surface area contributed by atoms with Crippen LogP contribution in [0.4, 0.5) is 0 Å². The van der Waals surface area contributed by atoms with Crippen LogP contribution < -0.4 is 0 Å². The van der Waals surface area contributed by atoms with Crippen molar-refractivity contribution in [2.45, 2.75) is 26.2 Å². The normalized spacial score (nSPS) is 12.4. The van der Waals surface area contributed by atoms with E-state index in [4.69, 9.17) is 0 Å². The van der Waals surface area contributed by atoms with Gasteiger partial charge in [-0.1, -0.05) is 39.0 Å². The van der Waals surface area contributed by atoms with E-state index >= 15 is 0 Å². The molecule has 2 heterocycles. The van der Waals surface area contributed by atoms with E-state index < -0.39 is 0 Å². The maximum atomic E-state index is 4.23. The molecular formula is C15H15NS. The molecular weight excluding hydrogens is 226 g/mol. The zero-order valence-corrected chi connectivity index (χ0v) is 11.1. The Hall–Kier alpha value is -1.41. The SMILES string of the molecule is CC(C)(C)c1cccc2c1sc1ccncc12. The Morgan fingerprint density at radius 3 is 2.65 bits per heavy atom. The maximum absolute atomic E-state index is 4.23. The average Bonchev–Trinajstić information content (AvgIpc) is 2.65. The number of benzene rings is 1. The largest absolute Gasteiger partial charge is 0.264 e. The summed E-state index contributed by atoms with van der Waals surface area (Å²) in [6.07, 6.45) is 3.84. The minimum atomic E-state index is 0.188. The van der Waals surface area contributed by atoms with Crippen LogP contribution in [0.3, 0.4) is 0 Å². The lowest BCUT2D eigenvalue weighted by Gasteiger charge is -2.19. The fraction of sp³-hybridized carbons (Fsp3) is 0.267. The van der Waals surface area contributed by atoms with Gasteiger partial charge >= 0.3 is 0 Å². The Morgan fingerprint density at radius 2 is 1.88 bits per heavy atom. The Kier molecular flexibility index (Phi) is 2.23. The molecule has 3 aromatic rings. The van der Waals surface area contributed by atoms with Crippen LogP contribution in [-0.4, -0.2) is 4.98 Å². The van der Waals surface area contributed by atoms with E-state index in [-0.39, 0.29) is 5.41 Å². The molecule has 0 N–H and O–H groups in total. The Bertz CT molecular complexity index is 689. The maximum Gasteiger partial charge on any atom is 0.0393 e. The third kappa shape index (κ3) is 1.64. The Morgan fingerprint density at radius 1 is 1.06 bits per heavy atom. The summed E-state index contributed by atoms with van der Waals surface area (Å²) in [4.78, 5) is 4.23. The molecule has 2 heteroatoms. The molecule has 3 rings (SSSR count). The third-order valence-electron chi connectivity index (χ3n) is 3.11. The van der Waals surface area contributed by atoms with Crippen molar-refractivity contribution in [3.05, 3.63) is 42.2 Å². The topological polar surface area (TPSA) is 12.9 Å². The summed E-state index contributed by atoms with van der Waals surface area (Å²) in [5.74, 6) is 0. The molecule has 0 aliphatic heterocycles. The number of rotatable bonds is 0. The fourth-order valence-electron chi connectivity index (χ4n) is 2.23. The predicted molar refractivity (Wildman–Crippen MR) is 75.8 cm³/mol. The van der Waals surface area contributed by atoms with E-state index in [0.29, 0.717) is 0 Å². The van der Waals surface area contributed by atoms with Gasteiger partial charge in [-0.05, 0) is 17.0 Å². The first kappa shape index (κ1) is 10.7. The number of thiophene rings is 1. The minimum absolute atomic E-state index is 0.188. The van der Waals surface area contributed by atoms with Gasteiger partial charge in [0.2, 0.25) is 0 Å². The van der Waals surface area contributed by atoms with Crippen LogP contribution in [0.5, 0.6) is 0 Å². The second kappa shape index (κ2) is 3.54. The van der Waals surface area contributed by atoms with Gasteiger partial charge in [0.15, 0.2) is 0 Å². The second-order valence-corrected chi connectivity index (χ2v) is 6.46. The smallest absolute Gasteiger partial charge is 0.0393 e. The van der Waals surface area contributed by atoms with E-state index in [1.54, 1.807) is 0 Å². The molecule has 0 radical (unpaired) electrons. The number of aromatic nitrogens is 1. The zero-order chi connectivity index (χ0) is 12.0. The van der Waals surface area contributed by atoms with E-state index in [2.05, 4.69) is 50.0 Å². The van der Waals surface area contributed by atoms with Gasteiger partial charge in [-0.15, -0.1) is 11.3 Å². The number of pyridine rings is 1. The van der Waals surface area contributed by atoms with Crippen molar-refractivity contribution < 1.29 is 0 Å². The monoisotopic (exact) mass is 241 g/mol. The molecule has 0 unspecified atom stereocenters. The highest BCUT2D eigenvalue weighted by molar-refractivity contribution is 7.26. The van der Waals surface area contributed by atoms with Gasteiger partial charge in [0.05, 0.1) is 0 Å². The average molecular weight is 241 g/mol. The first-order chi connectivity index (χ1) is 8.07. The third-order valence-corrected chi connectivity index (χ3v) is 4.33. The van der Waals surface area contributed by atoms with Gasteiger partial charge < -0.3 is 0 Å². The predicted octanol–water partition coefficient (Wildman–Crippen LogP) is 4.75. The van der Waals surface area contributed by atoms with Gasteiger partial charge in [0.25, 0.3) is 0 Å². The van der Waals surface area contributed by atoms with Crippen molar-refractivity contribution in [2.24, 2.45) is 0 Å². The lowest BCUT2D eigenvalue weighted by atomic mass is 9.86. The first-order valence-electron chi connectivity index (χ1n) is 5.83. The van der Waals surface area contributed by atoms with Crippen LogP contribution in [0, 0.1) is 0 Å². The summed E-state index contributed by atoms with van der Waals surface area (Å²) in [6.45, 7) is 6.80. The standard InChI is InChI=1S/C15H15NS/c1-15(2,3)12-6-4-5-10-11-9-16-8-7-13(11)17-14(10)12/h4-9H,1-3H3. The van der Waals surface area contributed by atoms with E-state index in [9.17, 15) is 0 Å². The van der Waals surface area contributed by atoms with Crippen molar-refractivity contribution in [3.8, 4) is 0 Å². The molecule has 0 aliphatic rings. The summed E-state index contributed by atoms with van der Waals surface area (Å²) in [7, 11) is 0. The molecule has 17 heavy (non-hydrogen) atoms. The van der Waals surface area contributed by atoms with Crippen molar-refractivity contribution in [2.75, 3.05) is 0 Å².